The van der Waals surface area contributed by atoms with Crippen molar-refractivity contribution in [3.8, 4) is 28.9 Å². The Morgan fingerprint density at radius 2 is 1.88 bits per heavy atom. The van der Waals surface area contributed by atoms with Crippen molar-refractivity contribution in [2.75, 3.05) is 5.32 Å². The summed E-state index contributed by atoms with van der Waals surface area (Å²) in [7, 11) is 0. The van der Waals surface area contributed by atoms with Gasteiger partial charge in [-0.05, 0) is 67.1 Å². The van der Waals surface area contributed by atoms with Gasteiger partial charge in [0.15, 0.2) is 11.7 Å². The number of ether oxygens (including phenoxy) is 1. The van der Waals surface area contributed by atoms with Crippen LogP contribution < -0.4 is 10.1 Å². The van der Waals surface area contributed by atoms with Gasteiger partial charge in [-0.25, -0.2) is 9.37 Å². The fraction of sp³-hybridized carbons (Fsp3) is 0.115. The molecule has 0 aliphatic rings. The summed E-state index contributed by atoms with van der Waals surface area (Å²) in [6.45, 7) is 1.87. The highest BCUT2D eigenvalue weighted by Crippen LogP contribution is 2.27. The van der Waals surface area contributed by atoms with Gasteiger partial charge < -0.3 is 14.5 Å². The van der Waals surface area contributed by atoms with Crippen molar-refractivity contribution in [3.05, 3.63) is 95.8 Å². The van der Waals surface area contributed by atoms with Gasteiger partial charge in [-0.3, -0.25) is 4.79 Å². The summed E-state index contributed by atoms with van der Waals surface area (Å²) in [5.41, 5.74) is 2.41. The first kappa shape index (κ1) is 21.8. The predicted molar refractivity (Wildman–Crippen MR) is 121 cm³/mol. The first-order valence-electron chi connectivity index (χ1n) is 10.3. The van der Waals surface area contributed by atoms with Gasteiger partial charge in [0.05, 0.1) is 23.4 Å². The second-order valence-electron chi connectivity index (χ2n) is 7.36. The lowest BCUT2D eigenvalue weighted by Crippen LogP contribution is -2.13. The Morgan fingerprint density at radius 1 is 1.12 bits per heavy atom. The van der Waals surface area contributed by atoms with E-state index in [0.717, 1.165) is 5.56 Å². The maximum Gasteiger partial charge on any atom is 0.224 e. The van der Waals surface area contributed by atoms with Crippen LogP contribution in [0.1, 0.15) is 23.4 Å². The van der Waals surface area contributed by atoms with Crippen molar-refractivity contribution in [3.63, 3.8) is 0 Å². The second-order valence-corrected chi connectivity index (χ2v) is 7.36. The Morgan fingerprint density at radius 3 is 2.61 bits per heavy atom. The molecule has 0 spiro atoms. The highest BCUT2D eigenvalue weighted by Gasteiger charge is 2.12. The number of oxazole rings is 1. The Kier molecular flexibility index (Phi) is 6.46. The molecule has 0 atom stereocenters. The van der Waals surface area contributed by atoms with Gasteiger partial charge in [-0.2, -0.15) is 5.26 Å². The van der Waals surface area contributed by atoms with Gasteiger partial charge in [0, 0.05) is 18.5 Å². The van der Waals surface area contributed by atoms with E-state index in [0.29, 0.717) is 46.4 Å². The summed E-state index contributed by atoms with van der Waals surface area (Å²) >= 11 is 0. The number of nitriles is 1. The number of benzene rings is 3. The molecule has 3 aromatic carbocycles. The zero-order valence-corrected chi connectivity index (χ0v) is 17.8. The molecular formula is C26H20FN3O3. The molecule has 0 bridgehead atoms. The number of carbonyl (C=O) groups excluding carboxylic acids is 1. The van der Waals surface area contributed by atoms with E-state index >= 15 is 0 Å². The number of anilines is 1. The molecule has 0 aliphatic heterocycles. The van der Waals surface area contributed by atoms with Crippen molar-refractivity contribution in [1.29, 1.82) is 5.26 Å². The molecule has 7 heteroatoms. The highest BCUT2D eigenvalue weighted by atomic mass is 19.1. The Hall–Kier alpha value is -4.44. The van der Waals surface area contributed by atoms with Gasteiger partial charge in [0.2, 0.25) is 5.91 Å². The summed E-state index contributed by atoms with van der Waals surface area (Å²) in [6, 6.07) is 20.5. The van der Waals surface area contributed by atoms with Crippen molar-refractivity contribution < 1.29 is 18.3 Å². The van der Waals surface area contributed by atoms with Gasteiger partial charge in [-0.1, -0.05) is 12.1 Å². The van der Waals surface area contributed by atoms with Gasteiger partial charge >= 0.3 is 0 Å². The SMILES string of the molecule is Cc1cc(Oc2ccc(C#N)cc2)ccc1NC(=O)CCc1ncc(-c2ccccc2F)o1. The van der Waals surface area contributed by atoms with E-state index in [1.54, 1.807) is 54.6 Å². The molecule has 1 heterocycles. The molecule has 1 aromatic heterocycles. The topological polar surface area (TPSA) is 88.1 Å². The number of hydrogen-bond acceptors (Lipinski definition) is 5. The number of carbonyl (C=O) groups is 1. The number of halogens is 1. The number of aryl methyl sites for hydroxylation is 2. The Balaban J connectivity index is 1.33. The molecule has 1 N–H and O–H groups in total. The largest absolute Gasteiger partial charge is 0.457 e. The standard InChI is InChI=1S/C26H20FN3O3/c1-17-14-20(32-19-8-6-18(15-28)7-9-19)10-11-23(17)30-25(31)12-13-26-29-16-24(33-26)21-4-2-3-5-22(21)27/h2-11,14,16H,12-13H2,1H3,(H,30,31). The number of aromatic nitrogens is 1. The van der Waals surface area contributed by atoms with E-state index < -0.39 is 0 Å². The molecule has 4 rings (SSSR count). The molecule has 33 heavy (non-hydrogen) atoms. The Labute approximate surface area is 190 Å². The minimum Gasteiger partial charge on any atom is -0.457 e. The molecule has 4 aromatic rings. The van der Waals surface area contributed by atoms with Crippen LogP contribution in [0, 0.1) is 24.1 Å². The van der Waals surface area contributed by atoms with Gasteiger partial charge in [-0.15, -0.1) is 0 Å². The second kappa shape index (κ2) is 9.79. The van der Waals surface area contributed by atoms with Crippen molar-refractivity contribution >= 4 is 11.6 Å². The van der Waals surface area contributed by atoms with E-state index in [-0.39, 0.29) is 18.1 Å². The van der Waals surface area contributed by atoms with E-state index in [1.807, 2.05) is 13.0 Å². The molecule has 0 unspecified atom stereocenters. The van der Waals surface area contributed by atoms with Crippen molar-refractivity contribution in [1.82, 2.24) is 4.98 Å². The molecule has 0 radical (unpaired) electrons. The molecule has 164 valence electrons. The van der Waals surface area contributed by atoms with Crippen LogP contribution in [0.25, 0.3) is 11.3 Å². The number of amides is 1. The summed E-state index contributed by atoms with van der Waals surface area (Å²) < 4.78 is 25.3. The van der Waals surface area contributed by atoms with Crippen LogP contribution >= 0.6 is 0 Å². The quantitative estimate of drug-likeness (QED) is 0.379. The van der Waals surface area contributed by atoms with Crippen LogP contribution in [0.2, 0.25) is 0 Å². The van der Waals surface area contributed by atoms with Crippen LogP contribution in [-0.4, -0.2) is 10.9 Å². The Bertz CT molecular complexity index is 1320. The molecule has 0 saturated carbocycles. The number of nitrogens with zero attached hydrogens (tertiary/aromatic N) is 2. The third-order valence-electron chi connectivity index (χ3n) is 4.95. The van der Waals surface area contributed by atoms with E-state index in [2.05, 4.69) is 16.4 Å². The molecule has 0 saturated heterocycles. The van der Waals surface area contributed by atoms with E-state index in [9.17, 15) is 9.18 Å². The molecular weight excluding hydrogens is 421 g/mol. The van der Waals surface area contributed by atoms with E-state index in [1.165, 1.54) is 12.3 Å². The monoisotopic (exact) mass is 441 g/mol. The average Bonchev–Trinajstić information content (AvgIpc) is 3.29. The fourth-order valence-electron chi connectivity index (χ4n) is 3.22. The van der Waals surface area contributed by atoms with Crippen molar-refractivity contribution in [2.24, 2.45) is 0 Å². The lowest BCUT2D eigenvalue weighted by Gasteiger charge is -2.11. The van der Waals surface area contributed by atoms with Crippen LogP contribution in [0.5, 0.6) is 11.5 Å². The third-order valence-corrected chi connectivity index (χ3v) is 4.95. The number of rotatable bonds is 7. The van der Waals surface area contributed by atoms with E-state index in [4.69, 9.17) is 14.4 Å². The number of nitrogens with one attached hydrogen (secondary N) is 1. The summed E-state index contributed by atoms with van der Waals surface area (Å²) in [5, 5.41) is 11.7. The van der Waals surface area contributed by atoms with Crippen molar-refractivity contribution in [2.45, 2.75) is 19.8 Å². The minimum absolute atomic E-state index is 0.167. The van der Waals surface area contributed by atoms with Crippen LogP contribution in [-0.2, 0) is 11.2 Å². The summed E-state index contributed by atoms with van der Waals surface area (Å²) in [4.78, 5) is 16.6. The molecule has 6 nitrogen and oxygen atoms in total. The zero-order chi connectivity index (χ0) is 23.2. The van der Waals surface area contributed by atoms with Gasteiger partial charge in [0.25, 0.3) is 0 Å². The zero-order valence-electron chi connectivity index (χ0n) is 17.8. The molecule has 0 aliphatic carbocycles. The predicted octanol–water partition coefficient (Wildman–Crippen LogP) is 6.02. The van der Waals surface area contributed by atoms with Crippen LogP contribution in [0.4, 0.5) is 10.1 Å². The smallest absolute Gasteiger partial charge is 0.224 e. The maximum absolute atomic E-state index is 13.9. The van der Waals surface area contributed by atoms with Crippen LogP contribution in [0.3, 0.4) is 0 Å². The minimum atomic E-state index is -0.389. The highest BCUT2D eigenvalue weighted by molar-refractivity contribution is 5.91. The maximum atomic E-state index is 13.9. The number of hydrogen-bond donors (Lipinski definition) is 1. The summed E-state index contributed by atoms with van der Waals surface area (Å²) in [6.07, 6.45) is 1.92. The summed E-state index contributed by atoms with van der Waals surface area (Å²) in [5.74, 6) is 1.36. The average molecular weight is 441 g/mol. The lowest BCUT2D eigenvalue weighted by molar-refractivity contribution is -0.116. The normalized spacial score (nSPS) is 10.5. The third kappa shape index (κ3) is 5.43. The molecule has 0 fully saturated rings. The van der Waals surface area contributed by atoms with Crippen LogP contribution in [0.15, 0.2) is 77.3 Å². The van der Waals surface area contributed by atoms with Gasteiger partial charge in [0.1, 0.15) is 17.3 Å². The first-order valence-corrected chi connectivity index (χ1v) is 10.3. The fourth-order valence-corrected chi connectivity index (χ4v) is 3.22. The molecule has 1 amide bonds. The first-order chi connectivity index (χ1) is 16.0. The lowest BCUT2D eigenvalue weighted by atomic mass is 10.1.